The van der Waals surface area contributed by atoms with Crippen molar-refractivity contribution in [3.05, 3.63) is 0 Å². The highest BCUT2D eigenvalue weighted by Crippen LogP contribution is 2.18. The van der Waals surface area contributed by atoms with Crippen LogP contribution in [0.5, 0.6) is 0 Å². The predicted octanol–water partition coefficient (Wildman–Crippen LogP) is 14.4. The minimum atomic E-state index is -0.0958. The molecule has 0 unspecified atom stereocenters. The van der Waals surface area contributed by atoms with Crippen molar-refractivity contribution >= 4 is 0 Å². The van der Waals surface area contributed by atoms with Crippen LogP contribution in [-0.4, -0.2) is 126 Å². The summed E-state index contributed by atoms with van der Waals surface area (Å²) in [7, 11) is 8.74. The molecule has 0 aliphatic heterocycles. The first-order valence-electron chi connectivity index (χ1n) is 35.4. The van der Waals surface area contributed by atoms with Crippen LogP contribution in [0, 0.1) is 0 Å². The van der Waals surface area contributed by atoms with Crippen molar-refractivity contribution in [3.63, 3.8) is 0 Å². The monoisotopic (exact) mass is 1270 g/mol. The van der Waals surface area contributed by atoms with E-state index >= 15 is 0 Å². The molecule has 8 nitrogen and oxygen atoms in total. The van der Waals surface area contributed by atoms with Crippen molar-refractivity contribution in [1.82, 2.24) is 0 Å². The van der Waals surface area contributed by atoms with Crippen LogP contribution in [0.4, 0.5) is 0 Å². The summed E-state index contributed by atoms with van der Waals surface area (Å²) >= 11 is 0. The molecule has 0 aliphatic carbocycles. The van der Waals surface area contributed by atoms with Gasteiger partial charge in [-0.15, -0.1) is 0 Å². The fraction of sp³-hybridized carbons (Fsp3) is 1.00. The number of halogens is 2. The molecule has 0 atom stereocenters. The molecule has 0 spiro atoms. The van der Waals surface area contributed by atoms with Gasteiger partial charge < -0.3 is 72.1 Å². The fourth-order valence-corrected chi connectivity index (χ4v) is 10.7. The van der Waals surface area contributed by atoms with E-state index in [4.69, 9.17) is 18.9 Å². The summed E-state index contributed by atoms with van der Waals surface area (Å²) in [6.45, 7) is 16.4. The highest BCUT2D eigenvalue weighted by molar-refractivity contribution is 4.56. The Morgan fingerprint density at radius 1 is 0.237 bits per heavy atom. The second-order valence-corrected chi connectivity index (χ2v) is 25.7. The molecule has 0 rings (SSSR count). The van der Waals surface area contributed by atoms with E-state index in [1.807, 2.05) is 0 Å². The zero-order valence-electron chi connectivity index (χ0n) is 55.8. The van der Waals surface area contributed by atoms with Gasteiger partial charge in [-0.25, -0.2) is 0 Å². The van der Waals surface area contributed by atoms with Crippen LogP contribution in [0.25, 0.3) is 0 Å². The first kappa shape index (κ1) is 87.1. The second-order valence-electron chi connectivity index (χ2n) is 25.7. The lowest BCUT2D eigenvalue weighted by atomic mass is 10.1. The molecule has 0 heterocycles. The lowest BCUT2D eigenvalue weighted by Gasteiger charge is -2.30. The van der Waals surface area contributed by atoms with E-state index in [9.17, 15) is 10.2 Å². The average Bonchev–Trinajstić information content (AvgIpc) is 3.42. The molecule has 0 fully saturated rings. The van der Waals surface area contributed by atoms with Gasteiger partial charge in [0.05, 0.1) is 54.5 Å². The number of aliphatic hydroxyl groups excluding tert-OH is 2. The van der Waals surface area contributed by atoms with Gasteiger partial charge in [-0.3, -0.25) is 0 Å². The predicted molar refractivity (Wildman–Crippen MR) is 343 cm³/mol. The number of hydrogen-bond acceptors (Lipinski definition) is 6. The summed E-state index contributed by atoms with van der Waals surface area (Å²) < 4.78 is 26.5. The lowest BCUT2D eigenvalue weighted by molar-refractivity contribution is -0.891. The molecule has 0 saturated carbocycles. The maximum atomic E-state index is 9.36. The molecule has 0 aromatic carbocycles. The van der Waals surface area contributed by atoms with E-state index in [2.05, 4.69) is 55.9 Å². The molecular formula is C70H148Br2N2O6. The van der Waals surface area contributed by atoms with Gasteiger partial charge in [-0.05, 0) is 25.7 Å². The first-order chi connectivity index (χ1) is 38.1. The average molecular weight is 1270 g/mol. The summed E-state index contributed by atoms with van der Waals surface area (Å²) in [5.74, 6) is 0. The van der Waals surface area contributed by atoms with E-state index in [1.165, 1.54) is 283 Å². The molecule has 10 heteroatoms. The van der Waals surface area contributed by atoms with Crippen LogP contribution in [0.2, 0.25) is 0 Å². The number of ether oxygens (including phenoxy) is 4. The van der Waals surface area contributed by atoms with Crippen molar-refractivity contribution < 1.29 is 72.1 Å². The zero-order chi connectivity index (χ0) is 57.4. The number of likely N-dealkylation sites (N-methyl/N-ethyl adjacent to an activating group) is 2. The highest BCUT2D eigenvalue weighted by Gasteiger charge is 2.20. The number of quaternary nitrogens is 2. The molecule has 0 aromatic rings. The molecule has 0 aliphatic rings. The highest BCUT2D eigenvalue weighted by atomic mass is 79.9. The third-order valence-electron chi connectivity index (χ3n) is 16.6. The van der Waals surface area contributed by atoms with Gasteiger partial charge in [0, 0.05) is 39.3 Å². The second kappa shape index (κ2) is 72.1. The number of hydrogen-bond donors (Lipinski definition) is 2. The third kappa shape index (κ3) is 72.9. The molecule has 0 radical (unpaired) electrons. The van der Waals surface area contributed by atoms with Crippen molar-refractivity contribution in [1.29, 1.82) is 0 Å². The summed E-state index contributed by atoms with van der Waals surface area (Å²) in [5, 5.41) is 18.7. The largest absolute Gasteiger partial charge is 1.00 e. The van der Waals surface area contributed by atoms with Crippen LogP contribution < -0.4 is 34.0 Å². The molecule has 0 bridgehead atoms. The van der Waals surface area contributed by atoms with Crippen molar-refractivity contribution in [2.24, 2.45) is 0 Å². The van der Waals surface area contributed by atoms with Crippen LogP contribution >= 0.6 is 0 Å². The topological polar surface area (TPSA) is 77.4 Å². The van der Waals surface area contributed by atoms with Gasteiger partial charge in [0.25, 0.3) is 0 Å². The Morgan fingerprint density at radius 2 is 0.388 bits per heavy atom. The Labute approximate surface area is 524 Å². The zero-order valence-corrected chi connectivity index (χ0v) is 58.9. The Hall–Kier alpha value is 0.640. The van der Waals surface area contributed by atoms with Gasteiger partial charge in [0.1, 0.15) is 13.1 Å². The van der Waals surface area contributed by atoms with E-state index in [0.29, 0.717) is 0 Å². The lowest BCUT2D eigenvalue weighted by Crippen LogP contribution is -3.00. The summed E-state index contributed by atoms with van der Waals surface area (Å²) in [6.07, 6.45) is 67.3. The molecule has 0 amide bonds. The Kier molecular flexibility index (Phi) is 78.5. The van der Waals surface area contributed by atoms with E-state index in [0.717, 1.165) is 100 Å². The maximum absolute atomic E-state index is 9.36. The van der Waals surface area contributed by atoms with E-state index in [-0.39, 0.29) is 59.8 Å². The number of unbranched alkanes of at least 4 members (excludes halogenated alkanes) is 44. The normalized spacial score (nSPS) is 11.8. The van der Waals surface area contributed by atoms with Crippen LogP contribution in [0.3, 0.4) is 0 Å². The van der Waals surface area contributed by atoms with Crippen LogP contribution in [-0.2, 0) is 18.9 Å². The Morgan fingerprint density at radius 3 is 0.537 bits per heavy atom. The molecular weight excluding hydrogens is 1120 g/mol. The Bertz CT molecular complexity index is 950. The quantitative estimate of drug-likeness (QED) is 0.0359. The van der Waals surface area contributed by atoms with Gasteiger partial charge >= 0.3 is 0 Å². The SMILES string of the molecule is CCCCCCCCCCCCCCOC(CC[N+](C)(C)CCO)OCCCCCCCCCCCCCC.CCCCCCCCCCCCCCOC(CC[N+](C)(C)CCO)OCCCCCCCCCCCCCC.[Br-].[Br-]. The van der Waals surface area contributed by atoms with Gasteiger partial charge in [-0.2, -0.15) is 0 Å². The van der Waals surface area contributed by atoms with Gasteiger partial charge in [0.15, 0.2) is 12.6 Å². The third-order valence-corrected chi connectivity index (χ3v) is 16.6. The van der Waals surface area contributed by atoms with Crippen LogP contribution in [0.15, 0.2) is 0 Å². The number of aliphatic hydroxyl groups is 2. The molecule has 0 saturated heterocycles. The molecule has 0 aromatic heterocycles. The van der Waals surface area contributed by atoms with Gasteiger partial charge in [0.2, 0.25) is 0 Å². The number of rotatable bonds is 66. The molecule has 2 N–H and O–H groups in total. The van der Waals surface area contributed by atoms with Crippen LogP contribution in [0.1, 0.15) is 349 Å². The van der Waals surface area contributed by atoms with Crippen molar-refractivity contribution in [2.75, 3.05) is 94.0 Å². The summed E-state index contributed by atoms with van der Waals surface area (Å²) in [6, 6.07) is 0. The maximum Gasteiger partial charge on any atom is 0.162 e. The Balaban J connectivity index is -0.000000704. The summed E-state index contributed by atoms with van der Waals surface area (Å²) in [5.41, 5.74) is 0. The van der Waals surface area contributed by atoms with E-state index in [1.54, 1.807) is 0 Å². The van der Waals surface area contributed by atoms with Crippen molar-refractivity contribution in [2.45, 2.75) is 361 Å². The smallest absolute Gasteiger partial charge is 0.162 e. The van der Waals surface area contributed by atoms with Gasteiger partial charge in [-0.1, -0.05) is 310 Å². The minimum Gasteiger partial charge on any atom is -1.00 e. The molecule has 80 heavy (non-hydrogen) atoms. The first-order valence-corrected chi connectivity index (χ1v) is 35.4. The molecule has 488 valence electrons. The fourth-order valence-electron chi connectivity index (χ4n) is 10.7. The minimum absolute atomic E-state index is 0. The van der Waals surface area contributed by atoms with E-state index < -0.39 is 0 Å². The summed E-state index contributed by atoms with van der Waals surface area (Å²) in [4.78, 5) is 0. The van der Waals surface area contributed by atoms with Crippen molar-refractivity contribution in [3.8, 4) is 0 Å². The standard InChI is InChI=1S/2C35H74NO3.2BrH/c2*1-5-7-9-11-13-15-17-19-21-23-25-27-33-38-35(29-30-36(3,4)31-32-37)39-34-28-26-24-22-20-18-16-14-12-10-8-6-2;;/h2*35,37H,5-34H2,1-4H3;2*1H/q2*+1;;/p-2. The number of nitrogens with zero attached hydrogens (tertiary/aromatic N) is 2.